The third-order valence-corrected chi connectivity index (χ3v) is 2.79. The van der Waals surface area contributed by atoms with Gasteiger partial charge in [-0.15, -0.1) is 0 Å². The maximum Gasteiger partial charge on any atom is 0.121 e. The molecule has 3 heteroatoms. The van der Waals surface area contributed by atoms with Crippen LogP contribution in [0.4, 0.5) is 0 Å². The highest BCUT2D eigenvalue weighted by molar-refractivity contribution is 5.40. The molecule has 0 fully saturated rings. The van der Waals surface area contributed by atoms with Crippen molar-refractivity contribution in [3.63, 3.8) is 0 Å². The second-order valence-electron chi connectivity index (χ2n) is 4.40. The molecule has 0 saturated heterocycles. The Morgan fingerprint density at radius 3 is 2.57 bits per heavy atom. The van der Waals surface area contributed by atoms with Crippen LogP contribution in [0, 0.1) is 23.2 Å². The number of hydrogen-bond acceptors (Lipinski definition) is 3. The Kier molecular flexibility index (Phi) is 5.41. The van der Waals surface area contributed by atoms with Gasteiger partial charge in [-0.1, -0.05) is 30.0 Å². The number of rotatable bonds is 4. The third-order valence-electron chi connectivity index (χ3n) is 2.79. The number of hydrogen-bond donors (Lipinski definition) is 1. The van der Waals surface area contributed by atoms with Crippen molar-refractivity contribution in [1.29, 1.82) is 5.26 Å². The predicted octanol–water partition coefficient (Wildman–Crippen LogP) is 2.87. The lowest BCUT2D eigenvalue weighted by Gasteiger charge is -2.06. The van der Waals surface area contributed by atoms with E-state index in [9.17, 15) is 0 Å². The zero-order chi connectivity index (χ0) is 14.9. The van der Waals surface area contributed by atoms with Crippen molar-refractivity contribution in [3.8, 4) is 23.7 Å². The van der Waals surface area contributed by atoms with E-state index in [4.69, 9.17) is 15.1 Å². The van der Waals surface area contributed by atoms with Gasteiger partial charge in [-0.25, -0.2) is 0 Å². The quantitative estimate of drug-likeness (QED) is 0.874. The Bertz CT molecular complexity index is 688. The molecule has 0 bridgehead atoms. The zero-order valence-corrected chi connectivity index (χ0v) is 11.5. The zero-order valence-electron chi connectivity index (χ0n) is 11.5. The van der Waals surface area contributed by atoms with Crippen LogP contribution in [0.1, 0.15) is 23.1 Å². The highest BCUT2D eigenvalue weighted by Crippen LogP contribution is 2.15. The Morgan fingerprint density at radius 2 is 1.86 bits per heavy atom. The lowest BCUT2D eigenvalue weighted by molar-refractivity contribution is 0.305. The maximum atomic E-state index is 8.75. The summed E-state index contributed by atoms with van der Waals surface area (Å²) in [6, 6.07) is 16.9. The molecule has 0 aliphatic carbocycles. The summed E-state index contributed by atoms with van der Waals surface area (Å²) in [5, 5.41) is 17.4. The molecule has 0 aliphatic rings. The summed E-state index contributed by atoms with van der Waals surface area (Å²) in [5.41, 5.74) is 2.51. The van der Waals surface area contributed by atoms with Crippen LogP contribution in [0.2, 0.25) is 0 Å². The summed E-state index contributed by atoms with van der Waals surface area (Å²) in [4.78, 5) is 0. The minimum atomic E-state index is 0.0713. The normalized spacial score (nSPS) is 9.33. The summed E-state index contributed by atoms with van der Waals surface area (Å²) < 4.78 is 5.71. The lowest BCUT2D eigenvalue weighted by atomic mass is 10.1. The molecule has 0 aromatic heterocycles. The number of aliphatic hydroxyl groups excluding tert-OH is 1. The average Bonchev–Trinajstić information content (AvgIpc) is 2.54. The first-order chi connectivity index (χ1) is 10.3. The number of aliphatic hydroxyl groups is 1. The topological polar surface area (TPSA) is 53.2 Å². The number of nitrogens with zero attached hydrogens (tertiary/aromatic N) is 1. The van der Waals surface area contributed by atoms with Gasteiger partial charge in [-0.05, 0) is 35.9 Å². The Labute approximate surface area is 124 Å². The van der Waals surface area contributed by atoms with Crippen LogP contribution in [0.3, 0.4) is 0 Å². The molecule has 3 nitrogen and oxygen atoms in total. The molecule has 0 saturated carbocycles. The van der Waals surface area contributed by atoms with E-state index in [0.29, 0.717) is 18.6 Å². The molecule has 2 aromatic rings. The van der Waals surface area contributed by atoms with Crippen molar-refractivity contribution >= 4 is 0 Å². The van der Waals surface area contributed by atoms with Gasteiger partial charge in [0.1, 0.15) is 12.4 Å². The summed E-state index contributed by atoms with van der Waals surface area (Å²) in [7, 11) is 0. The fourth-order valence-electron chi connectivity index (χ4n) is 1.73. The van der Waals surface area contributed by atoms with Gasteiger partial charge < -0.3 is 9.84 Å². The molecular formula is C18H15NO2. The van der Waals surface area contributed by atoms with Crippen molar-refractivity contribution in [1.82, 2.24) is 0 Å². The smallest absolute Gasteiger partial charge is 0.121 e. The highest BCUT2D eigenvalue weighted by Gasteiger charge is 1.98. The molecule has 21 heavy (non-hydrogen) atoms. The van der Waals surface area contributed by atoms with Crippen LogP contribution in [0.15, 0.2) is 48.5 Å². The van der Waals surface area contributed by atoms with Crippen LogP contribution in [-0.4, -0.2) is 11.7 Å². The molecule has 0 unspecified atom stereocenters. The van der Waals surface area contributed by atoms with Crippen LogP contribution in [0.5, 0.6) is 5.75 Å². The number of benzene rings is 2. The lowest BCUT2D eigenvalue weighted by Crippen LogP contribution is -1.95. The van der Waals surface area contributed by atoms with Gasteiger partial charge in [-0.2, -0.15) is 5.26 Å². The van der Waals surface area contributed by atoms with Crippen LogP contribution >= 0.6 is 0 Å². The molecule has 1 N–H and O–H groups in total. The van der Waals surface area contributed by atoms with Crippen molar-refractivity contribution in [3.05, 3.63) is 65.2 Å². The van der Waals surface area contributed by atoms with Crippen LogP contribution in [-0.2, 0) is 6.61 Å². The van der Waals surface area contributed by atoms with Gasteiger partial charge in [0.25, 0.3) is 0 Å². The van der Waals surface area contributed by atoms with Crippen molar-refractivity contribution in [2.45, 2.75) is 13.0 Å². The van der Waals surface area contributed by atoms with E-state index >= 15 is 0 Å². The molecule has 104 valence electrons. The molecule has 0 aliphatic heterocycles. The average molecular weight is 277 g/mol. The minimum Gasteiger partial charge on any atom is -0.489 e. The van der Waals surface area contributed by atoms with Crippen molar-refractivity contribution in [2.24, 2.45) is 0 Å². The second-order valence-corrected chi connectivity index (χ2v) is 4.40. The van der Waals surface area contributed by atoms with Crippen molar-refractivity contribution < 1.29 is 9.84 Å². The number of nitriles is 1. The Hall–Kier alpha value is -2.75. The second kappa shape index (κ2) is 7.75. The highest BCUT2D eigenvalue weighted by atomic mass is 16.5. The van der Waals surface area contributed by atoms with Gasteiger partial charge in [0.15, 0.2) is 0 Å². The van der Waals surface area contributed by atoms with E-state index in [1.165, 1.54) is 0 Å². The van der Waals surface area contributed by atoms with Gasteiger partial charge >= 0.3 is 0 Å². The molecule has 2 rings (SSSR count). The van der Waals surface area contributed by atoms with Gasteiger partial charge in [0.05, 0.1) is 18.2 Å². The standard InChI is InChI=1S/C18H15NO2/c19-13-16-7-9-17(10-8-16)14-21-18-6-3-5-15(12-18)4-1-2-11-20/h3,5-10,12,20H,2,11,14H2. The fourth-order valence-corrected chi connectivity index (χ4v) is 1.73. The first kappa shape index (κ1) is 14.7. The van der Waals surface area contributed by atoms with Crippen LogP contribution in [0.25, 0.3) is 0 Å². The van der Waals surface area contributed by atoms with Gasteiger partial charge in [-0.3, -0.25) is 0 Å². The van der Waals surface area contributed by atoms with E-state index in [0.717, 1.165) is 16.9 Å². The molecule has 0 spiro atoms. The Balaban J connectivity index is 1.98. The summed E-state index contributed by atoms with van der Waals surface area (Å²) in [5.74, 6) is 6.60. The first-order valence-electron chi connectivity index (χ1n) is 6.63. The van der Waals surface area contributed by atoms with Gasteiger partial charge in [0.2, 0.25) is 0 Å². The molecule has 2 aromatic carbocycles. The van der Waals surface area contributed by atoms with Crippen molar-refractivity contribution in [2.75, 3.05) is 6.61 Å². The predicted molar refractivity (Wildman–Crippen MR) is 80.5 cm³/mol. The van der Waals surface area contributed by atoms with Gasteiger partial charge in [0, 0.05) is 12.0 Å². The monoisotopic (exact) mass is 277 g/mol. The summed E-state index contributed by atoms with van der Waals surface area (Å²) in [6.45, 7) is 0.515. The largest absolute Gasteiger partial charge is 0.489 e. The Morgan fingerprint density at radius 1 is 1.05 bits per heavy atom. The molecule has 0 amide bonds. The maximum absolute atomic E-state index is 8.75. The molecular weight excluding hydrogens is 262 g/mol. The fraction of sp³-hybridized carbons (Fsp3) is 0.167. The van der Waals surface area contributed by atoms with E-state index in [1.54, 1.807) is 12.1 Å². The third kappa shape index (κ3) is 4.69. The molecule has 0 radical (unpaired) electrons. The minimum absolute atomic E-state index is 0.0713. The van der Waals surface area contributed by atoms with E-state index < -0.39 is 0 Å². The van der Waals surface area contributed by atoms with E-state index in [1.807, 2.05) is 36.4 Å². The first-order valence-corrected chi connectivity index (χ1v) is 6.63. The molecule has 0 heterocycles. The molecule has 0 atom stereocenters. The van der Waals surface area contributed by atoms with E-state index in [2.05, 4.69) is 17.9 Å². The van der Waals surface area contributed by atoms with E-state index in [-0.39, 0.29) is 6.61 Å². The SMILES string of the molecule is N#Cc1ccc(COc2cccc(C#CCCO)c2)cc1. The summed E-state index contributed by atoms with van der Waals surface area (Å²) in [6.07, 6.45) is 0.469. The summed E-state index contributed by atoms with van der Waals surface area (Å²) >= 11 is 0. The number of ether oxygens (including phenoxy) is 1. The van der Waals surface area contributed by atoms with Crippen LogP contribution < -0.4 is 4.74 Å².